The molecule has 4 nitrogen and oxygen atoms in total. The molecule has 72 valence electrons. The maximum Gasteiger partial charge on any atom is 0.175 e. The van der Waals surface area contributed by atoms with E-state index in [-0.39, 0.29) is 11.5 Å². The van der Waals surface area contributed by atoms with Crippen LogP contribution in [-0.4, -0.2) is 14.7 Å². The fourth-order valence-corrected chi connectivity index (χ4v) is 2.00. The van der Waals surface area contributed by atoms with E-state index in [0.717, 1.165) is 6.26 Å². The van der Waals surface area contributed by atoms with Crippen LogP contribution in [0.2, 0.25) is 0 Å². The summed E-state index contributed by atoms with van der Waals surface area (Å²) in [6, 6.07) is 6.60. The van der Waals surface area contributed by atoms with E-state index in [1.807, 2.05) is 0 Å². The average molecular weight is 201 g/mol. The molecule has 5 heteroatoms. The Morgan fingerprint density at radius 2 is 2.00 bits per heavy atom. The van der Waals surface area contributed by atoms with E-state index in [0.29, 0.717) is 5.56 Å². The van der Waals surface area contributed by atoms with Crippen molar-refractivity contribution < 1.29 is 13.3 Å². The summed E-state index contributed by atoms with van der Waals surface area (Å²) in [5, 5.41) is 0. The number of hydrogen-bond acceptors (Lipinski definition) is 4. The fourth-order valence-electron chi connectivity index (χ4n) is 1.07. The van der Waals surface area contributed by atoms with Crippen molar-refractivity contribution in [3.05, 3.63) is 29.8 Å². The van der Waals surface area contributed by atoms with Gasteiger partial charge < -0.3 is 0 Å². The van der Waals surface area contributed by atoms with E-state index in [2.05, 4.69) is 4.84 Å². The third-order valence-corrected chi connectivity index (χ3v) is 2.81. The number of sulfone groups is 1. The van der Waals surface area contributed by atoms with Crippen molar-refractivity contribution in [3.63, 3.8) is 0 Å². The first-order chi connectivity index (χ1) is 6.05. The minimum Gasteiger partial charge on any atom is -0.300 e. The van der Waals surface area contributed by atoms with Gasteiger partial charge in [0, 0.05) is 6.26 Å². The second-order valence-corrected chi connectivity index (χ2v) is 4.68. The van der Waals surface area contributed by atoms with Crippen LogP contribution >= 0.6 is 0 Å². The van der Waals surface area contributed by atoms with Crippen LogP contribution in [0.4, 0.5) is 0 Å². The van der Waals surface area contributed by atoms with E-state index in [1.54, 1.807) is 18.2 Å². The minimum absolute atomic E-state index is 0.100. The van der Waals surface area contributed by atoms with Crippen LogP contribution < -0.4 is 5.90 Å². The molecule has 0 amide bonds. The van der Waals surface area contributed by atoms with Gasteiger partial charge in [0.1, 0.15) is 0 Å². The number of benzene rings is 1. The van der Waals surface area contributed by atoms with Crippen LogP contribution in [-0.2, 0) is 21.3 Å². The molecule has 0 heterocycles. The molecule has 0 aliphatic rings. The second kappa shape index (κ2) is 3.87. The minimum atomic E-state index is -3.19. The van der Waals surface area contributed by atoms with Crippen LogP contribution in [0.25, 0.3) is 0 Å². The highest BCUT2D eigenvalue weighted by molar-refractivity contribution is 7.90. The molecule has 1 aromatic carbocycles. The lowest BCUT2D eigenvalue weighted by atomic mass is 10.2. The zero-order valence-corrected chi connectivity index (χ0v) is 8.04. The summed E-state index contributed by atoms with van der Waals surface area (Å²) in [7, 11) is -3.19. The molecule has 0 saturated carbocycles. The van der Waals surface area contributed by atoms with Crippen molar-refractivity contribution in [1.82, 2.24) is 0 Å². The van der Waals surface area contributed by atoms with Crippen LogP contribution in [0, 0.1) is 0 Å². The topological polar surface area (TPSA) is 69.4 Å². The van der Waals surface area contributed by atoms with E-state index in [4.69, 9.17) is 5.90 Å². The zero-order valence-electron chi connectivity index (χ0n) is 7.23. The lowest BCUT2D eigenvalue weighted by Gasteiger charge is -2.05. The lowest BCUT2D eigenvalue weighted by molar-refractivity contribution is 0.122. The van der Waals surface area contributed by atoms with Crippen molar-refractivity contribution >= 4 is 9.84 Å². The van der Waals surface area contributed by atoms with Gasteiger partial charge in [-0.25, -0.2) is 14.3 Å². The molecule has 0 saturated heterocycles. The predicted octanol–water partition coefficient (Wildman–Crippen LogP) is 0.480. The van der Waals surface area contributed by atoms with Gasteiger partial charge in [0.05, 0.1) is 11.5 Å². The van der Waals surface area contributed by atoms with Gasteiger partial charge in [-0.15, -0.1) is 0 Å². The molecule has 0 aromatic heterocycles. The van der Waals surface area contributed by atoms with Crippen LogP contribution in [0.3, 0.4) is 0 Å². The molecule has 0 radical (unpaired) electrons. The predicted molar refractivity (Wildman–Crippen MR) is 48.5 cm³/mol. The first-order valence-electron chi connectivity index (χ1n) is 3.65. The van der Waals surface area contributed by atoms with E-state index in [1.165, 1.54) is 6.07 Å². The molecule has 0 aliphatic heterocycles. The summed E-state index contributed by atoms with van der Waals surface area (Å²) < 4.78 is 22.5. The first kappa shape index (κ1) is 10.2. The largest absolute Gasteiger partial charge is 0.300 e. The molecule has 0 fully saturated rings. The van der Waals surface area contributed by atoms with Crippen molar-refractivity contribution in [3.8, 4) is 0 Å². The fraction of sp³-hybridized carbons (Fsp3) is 0.250. The SMILES string of the molecule is CS(=O)(=O)c1ccccc1CON. The molecular formula is C8H11NO3S. The van der Waals surface area contributed by atoms with E-state index >= 15 is 0 Å². The van der Waals surface area contributed by atoms with E-state index < -0.39 is 9.84 Å². The van der Waals surface area contributed by atoms with Crippen molar-refractivity contribution in [2.45, 2.75) is 11.5 Å². The number of hydrogen-bond donors (Lipinski definition) is 1. The van der Waals surface area contributed by atoms with Gasteiger partial charge in [-0.1, -0.05) is 18.2 Å². The Bertz CT molecular complexity index is 386. The molecule has 2 N–H and O–H groups in total. The van der Waals surface area contributed by atoms with Gasteiger partial charge in [-0.3, -0.25) is 4.84 Å². The van der Waals surface area contributed by atoms with E-state index in [9.17, 15) is 8.42 Å². The maximum absolute atomic E-state index is 11.2. The third-order valence-electron chi connectivity index (χ3n) is 1.61. The van der Waals surface area contributed by atoms with Crippen LogP contribution in [0.15, 0.2) is 29.2 Å². The summed E-state index contributed by atoms with van der Waals surface area (Å²) in [6.07, 6.45) is 1.16. The van der Waals surface area contributed by atoms with Gasteiger partial charge in [0.15, 0.2) is 9.84 Å². The first-order valence-corrected chi connectivity index (χ1v) is 5.54. The van der Waals surface area contributed by atoms with Gasteiger partial charge >= 0.3 is 0 Å². The summed E-state index contributed by atoms with van der Waals surface area (Å²) in [5.74, 6) is 4.88. The summed E-state index contributed by atoms with van der Waals surface area (Å²) in [5.41, 5.74) is 0.576. The molecule has 13 heavy (non-hydrogen) atoms. The normalized spacial score (nSPS) is 11.5. The molecule has 0 spiro atoms. The molecule has 0 bridgehead atoms. The van der Waals surface area contributed by atoms with Crippen LogP contribution in [0.1, 0.15) is 5.56 Å². The Morgan fingerprint density at radius 3 is 2.54 bits per heavy atom. The zero-order chi connectivity index (χ0) is 9.90. The Balaban J connectivity index is 3.20. The molecular weight excluding hydrogens is 190 g/mol. The average Bonchev–Trinajstić information content (AvgIpc) is 2.04. The monoisotopic (exact) mass is 201 g/mol. The van der Waals surface area contributed by atoms with Crippen LogP contribution in [0.5, 0.6) is 0 Å². The molecule has 0 atom stereocenters. The molecule has 1 aromatic rings. The Labute approximate surface area is 77.2 Å². The Morgan fingerprint density at radius 1 is 1.38 bits per heavy atom. The smallest absolute Gasteiger partial charge is 0.175 e. The van der Waals surface area contributed by atoms with Gasteiger partial charge in [0.2, 0.25) is 0 Å². The number of nitrogens with two attached hydrogens (primary N) is 1. The highest BCUT2D eigenvalue weighted by atomic mass is 32.2. The maximum atomic E-state index is 11.2. The quantitative estimate of drug-likeness (QED) is 0.722. The Kier molecular flexibility index (Phi) is 3.02. The third kappa shape index (κ3) is 2.51. The standard InChI is InChI=1S/C8H11NO3S/c1-13(10,11)8-5-3-2-4-7(8)6-12-9/h2-5H,6,9H2,1H3. The summed E-state index contributed by atoms with van der Waals surface area (Å²) in [4.78, 5) is 4.66. The van der Waals surface area contributed by atoms with Gasteiger partial charge in [-0.2, -0.15) is 0 Å². The lowest BCUT2D eigenvalue weighted by Crippen LogP contribution is -2.06. The second-order valence-electron chi connectivity index (χ2n) is 2.69. The van der Waals surface area contributed by atoms with Crippen molar-refractivity contribution in [1.29, 1.82) is 0 Å². The number of rotatable bonds is 3. The molecule has 1 rings (SSSR count). The summed E-state index contributed by atoms with van der Waals surface area (Å²) in [6.45, 7) is 0.100. The van der Waals surface area contributed by atoms with Crippen molar-refractivity contribution in [2.24, 2.45) is 5.90 Å². The van der Waals surface area contributed by atoms with Gasteiger partial charge in [-0.05, 0) is 11.6 Å². The highest BCUT2D eigenvalue weighted by Crippen LogP contribution is 2.15. The van der Waals surface area contributed by atoms with Gasteiger partial charge in [0.25, 0.3) is 0 Å². The molecule has 0 unspecified atom stereocenters. The summed E-state index contributed by atoms with van der Waals surface area (Å²) >= 11 is 0. The Hall–Kier alpha value is -0.910. The van der Waals surface area contributed by atoms with Crippen molar-refractivity contribution in [2.75, 3.05) is 6.26 Å². The molecule has 0 aliphatic carbocycles. The highest BCUT2D eigenvalue weighted by Gasteiger charge is 2.11.